The van der Waals surface area contributed by atoms with E-state index >= 15 is 0 Å². The summed E-state index contributed by atoms with van der Waals surface area (Å²) in [6.45, 7) is 6.39. The molecule has 0 spiro atoms. The maximum Gasteiger partial charge on any atom is 0.265 e. The van der Waals surface area contributed by atoms with Crippen molar-refractivity contribution in [3.05, 3.63) is 58.8 Å². The molecule has 36 heavy (non-hydrogen) atoms. The van der Waals surface area contributed by atoms with Crippen LogP contribution in [0.4, 0.5) is 5.13 Å². The van der Waals surface area contributed by atoms with Gasteiger partial charge in [-0.15, -0.1) is 0 Å². The van der Waals surface area contributed by atoms with E-state index < -0.39 is 0 Å². The van der Waals surface area contributed by atoms with Gasteiger partial charge in [-0.05, 0) is 37.6 Å². The number of anilines is 1. The fourth-order valence-electron chi connectivity index (χ4n) is 4.29. The van der Waals surface area contributed by atoms with E-state index in [0.29, 0.717) is 39.3 Å². The third kappa shape index (κ3) is 5.10. The number of carbonyl (C=O) groups excluding carboxylic acids is 1. The second kappa shape index (κ2) is 11.0. The number of aryl methyl sites for hydroxylation is 1. The van der Waals surface area contributed by atoms with Gasteiger partial charge in [0, 0.05) is 31.7 Å². The average Bonchev–Trinajstić information content (AvgIpc) is 3.49. The summed E-state index contributed by atoms with van der Waals surface area (Å²) in [7, 11) is 1.63. The number of hydrogen-bond acceptors (Lipinski definition) is 8. The van der Waals surface area contributed by atoms with E-state index in [0.717, 1.165) is 55.2 Å². The minimum atomic E-state index is -0.211. The lowest BCUT2D eigenvalue weighted by Crippen LogP contribution is -2.39. The molecule has 188 valence electrons. The first-order valence-electron chi connectivity index (χ1n) is 11.8. The Hall–Kier alpha value is -2.98. The van der Waals surface area contributed by atoms with Gasteiger partial charge in [0.1, 0.15) is 22.8 Å². The molecule has 0 saturated carbocycles. The van der Waals surface area contributed by atoms with Gasteiger partial charge in [0.25, 0.3) is 5.91 Å². The van der Waals surface area contributed by atoms with E-state index in [1.807, 2.05) is 36.4 Å². The molecule has 1 fully saturated rings. The van der Waals surface area contributed by atoms with E-state index in [9.17, 15) is 4.79 Å². The molecule has 5 rings (SSSR count). The van der Waals surface area contributed by atoms with Crippen molar-refractivity contribution in [1.82, 2.24) is 15.0 Å². The smallest absolute Gasteiger partial charge is 0.265 e. The molecule has 10 heteroatoms. The van der Waals surface area contributed by atoms with Gasteiger partial charge in [-0.1, -0.05) is 46.3 Å². The number of aromatic nitrogens is 2. The summed E-state index contributed by atoms with van der Waals surface area (Å²) in [6, 6.07) is 13.0. The van der Waals surface area contributed by atoms with Gasteiger partial charge in [0.2, 0.25) is 0 Å². The number of carbonyl (C=O) groups is 1. The first kappa shape index (κ1) is 24.7. The Balaban J connectivity index is 1.49. The number of methoxy groups -OCH3 is 1. The number of benzene rings is 2. The van der Waals surface area contributed by atoms with E-state index in [1.54, 1.807) is 25.0 Å². The fraction of sp³-hybridized carbons (Fsp3) is 0.346. The van der Waals surface area contributed by atoms with Crippen LogP contribution in [0.15, 0.2) is 47.0 Å². The Labute approximate surface area is 218 Å². The van der Waals surface area contributed by atoms with Crippen molar-refractivity contribution in [3.8, 4) is 17.0 Å². The lowest BCUT2D eigenvalue weighted by molar-refractivity contribution is 0.0376. The lowest BCUT2D eigenvalue weighted by atomic mass is 10.1. The number of amides is 1. The minimum Gasteiger partial charge on any atom is -0.497 e. The largest absolute Gasteiger partial charge is 0.497 e. The number of nitrogens with zero attached hydrogens (tertiary/aromatic N) is 4. The first-order chi connectivity index (χ1) is 17.5. The Morgan fingerprint density at radius 1 is 1.22 bits per heavy atom. The molecule has 0 atom stereocenters. The Bertz CT molecular complexity index is 1370. The zero-order valence-electron chi connectivity index (χ0n) is 20.2. The molecule has 1 aliphatic heterocycles. The van der Waals surface area contributed by atoms with Crippen LogP contribution < -0.4 is 9.64 Å². The number of halogens is 1. The molecular weight excluding hydrogens is 500 g/mol. The SMILES string of the molecule is COc1ccc2nc(N(CCCN3CCOCC3)C(=O)c3c(-c4ccccc4Cl)noc3C)sc2c1. The van der Waals surface area contributed by atoms with Crippen LogP contribution in [0, 0.1) is 6.92 Å². The monoisotopic (exact) mass is 526 g/mol. The predicted octanol–water partition coefficient (Wildman–Crippen LogP) is 5.29. The quantitative estimate of drug-likeness (QED) is 0.308. The summed E-state index contributed by atoms with van der Waals surface area (Å²) in [5.41, 5.74) is 2.30. The molecule has 0 radical (unpaired) electrons. The molecular formula is C26H27ClN4O4S. The third-order valence-electron chi connectivity index (χ3n) is 6.23. The predicted molar refractivity (Wildman–Crippen MR) is 141 cm³/mol. The van der Waals surface area contributed by atoms with E-state index in [4.69, 9.17) is 30.6 Å². The standard InChI is InChI=1S/C26H27ClN4O4S/c1-17-23(24(29-35-17)19-6-3-4-7-20(19)27)25(32)31(11-5-10-30-12-14-34-15-13-30)26-28-21-9-8-18(33-2)16-22(21)36-26/h3-4,6-9,16H,5,10-15H2,1-2H3. The van der Waals surface area contributed by atoms with Crippen molar-refractivity contribution in [2.24, 2.45) is 0 Å². The highest BCUT2D eigenvalue weighted by Crippen LogP contribution is 2.35. The molecule has 1 aliphatic rings. The van der Waals surface area contributed by atoms with Crippen LogP contribution in [0.1, 0.15) is 22.5 Å². The first-order valence-corrected chi connectivity index (χ1v) is 13.0. The number of thiazole rings is 1. The number of rotatable bonds is 8. The summed E-state index contributed by atoms with van der Waals surface area (Å²) in [5, 5.41) is 5.33. The molecule has 2 aromatic heterocycles. The van der Waals surface area contributed by atoms with Crippen LogP contribution in [0.2, 0.25) is 5.02 Å². The lowest BCUT2D eigenvalue weighted by Gasteiger charge is -2.27. The van der Waals surface area contributed by atoms with E-state index in [1.165, 1.54) is 11.3 Å². The number of ether oxygens (including phenoxy) is 2. The molecule has 4 aromatic rings. The average molecular weight is 527 g/mol. The fourth-order valence-corrected chi connectivity index (χ4v) is 5.54. The molecule has 1 amide bonds. The molecule has 0 aliphatic carbocycles. The Morgan fingerprint density at radius 2 is 2.03 bits per heavy atom. The number of fused-ring (bicyclic) bond motifs is 1. The van der Waals surface area contributed by atoms with E-state index in [2.05, 4.69) is 10.1 Å². The van der Waals surface area contributed by atoms with Crippen molar-refractivity contribution in [2.45, 2.75) is 13.3 Å². The second-order valence-corrected chi connectivity index (χ2v) is 9.95. The Morgan fingerprint density at radius 3 is 2.81 bits per heavy atom. The molecule has 8 nitrogen and oxygen atoms in total. The Kier molecular flexibility index (Phi) is 7.52. The number of hydrogen-bond donors (Lipinski definition) is 0. The normalized spacial score (nSPS) is 14.3. The van der Waals surface area contributed by atoms with Gasteiger partial charge in [-0.2, -0.15) is 0 Å². The van der Waals surface area contributed by atoms with Crippen LogP contribution in [0.5, 0.6) is 5.75 Å². The summed E-state index contributed by atoms with van der Waals surface area (Å²) < 4.78 is 17.3. The second-order valence-electron chi connectivity index (χ2n) is 8.54. The summed E-state index contributed by atoms with van der Waals surface area (Å²) in [6.07, 6.45) is 0.788. The maximum atomic E-state index is 14.1. The maximum absolute atomic E-state index is 14.1. The molecule has 3 heterocycles. The minimum absolute atomic E-state index is 0.211. The van der Waals surface area contributed by atoms with Crippen molar-refractivity contribution in [3.63, 3.8) is 0 Å². The van der Waals surface area contributed by atoms with Crippen molar-refractivity contribution < 1.29 is 18.8 Å². The molecule has 2 aromatic carbocycles. The van der Waals surface area contributed by atoms with Gasteiger partial charge < -0.3 is 14.0 Å². The summed E-state index contributed by atoms with van der Waals surface area (Å²) >= 11 is 7.91. The highest BCUT2D eigenvalue weighted by Gasteiger charge is 2.29. The van der Waals surface area contributed by atoms with Crippen molar-refractivity contribution in [1.29, 1.82) is 0 Å². The number of morpholine rings is 1. The van der Waals surface area contributed by atoms with Gasteiger partial charge in [0.15, 0.2) is 5.13 Å². The highest BCUT2D eigenvalue weighted by molar-refractivity contribution is 7.22. The van der Waals surface area contributed by atoms with Crippen LogP contribution in [-0.4, -0.2) is 67.5 Å². The van der Waals surface area contributed by atoms with Crippen LogP contribution >= 0.6 is 22.9 Å². The van der Waals surface area contributed by atoms with Crippen LogP contribution in [0.3, 0.4) is 0 Å². The highest BCUT2D eigenvalue weighted by atomic mass is 35.5. The third-order valence-corrected chi connectivity index (χ3v) is 7.60. The van der Waals surface area contributed by atoms with Gasteiger partial charge in [0.05, 0.1) is 35.6 Å². The summed E-state index contributed by atoms with van der Waals surface area (Å²) in [4.78, 5) is 23.0. The van der Waals surface area contributed by atoms with Gasteiger partial charge >= 0.3 is 0 Å². The zero-order chi connectivity index (χ0) is 25.1. The van der Waals surface area contributed by atoms with Gasteiger partial charge in [-0.3, -0.25) is 14.6 Å². The summed E-state index contributed by atoms with van der Waals surface area (Å²) in [5.74, 6) is 0.978. The van der Waals surface area contributed by atoms with E-state index in [-0.39, 0.29) is 5.91 Å². The van der Waals surface area contributed by atoms with Crippen LogP contribution in [0.25, 0.3) is 21.5 Å². The molecule has 1 saturated heterocycles. The van der Waals surface area contributed by atoms with Crippen molar-refractivity contribution >= 4 is 44.2 Å². The zero-order valence-corrected chi connectivity index (χ0v) is 21.8. The molecule has 0 N–H and O–H groups in total. The van der Waals surface area contributed by atoms with Gasteiger partial charge in [-0.25, -0.2) is 4.98 Å². The van der Waals surface area contributed by atoms with Crippen molar-refractivity contribution in [2.75, 3.05) is 51.4 Å². The topological polar surface area (TPSA) is 80.9 Å². The molecule has 0 bridgehead atoms. The molecule has 0 unspecified atom stereocenters. The van der Waals surface area contributed by atoms with Crippen LogP contribution in [-0.2, 0) is 4.74 Å².